The van der Waals surface area contributed by atoms with E-state index in [4.69, 9.17) is 11.6 Å². The monoisotopic (exact) mass is 255 g/mol. The summed E-state index contributed by atoms with van der Waals surface area (Å²) in [6.07, 6.45) is 2.47. The Hall–Kier alpha value is -1.13. The summed E-state index contributed by atoms with van der Waals surface area (Å²) in [5, 5.41) is 6.36. The van der Waals surface area contributed by atoms with Crippen LogP contribution in [0.25, 0.3) is 0 Å². The summed E-state index contributed by atoms with van der Waals surface area (Å²) in [5.41, 5.74) is 0.701. The van der Waals surface area contributed by atoms with Crippen LogP contribution in [0.2, 0.25) is 5.15 Å². The normalized spacial score (nSPS) is 18.2. The molecule has 2 heterocycles. The molecule has 4 nitrogen and oxygen atoms in total. The number of rotatable bonds is 2. The lowest BCUT2D eigenvalue weighted by Gasteiger charge is -2.09. The van der Waals surface area contributed by atoms with E-state index in [1.165, 1.54) is 0 Å². The fourth-order valence-corrected chi connectivity index (χ4v) is 1.78. The van der Waals surface area contributed by atoms with Gasteiger partial charge in [-0.1, -0.05) is 25.4 Å². The number of hydrogen-bond acceptors (Lipinski definition) is 3. The molecule has 0 aromatic carbocycles. The molecule has 1 aliphatic rings. The van der Waals surface area contributed by atoms with Gasteiger partial charge >= 0.3 is 0 Å². The second kappa shape index (κ2) is 7.25. The predicted octanol–water partition coefficient (Wildman–Crippen LogP) is 2.31. The van der Waals surface area contributed by atoms with Crippen LogP contribution in [-0.4, -0.2) is 24.0 Å². The van der Waals surface area contributed by atoms with Gasteiger partial charge in [0.1, 0.15) is 5.15 Å². The van der Waals surface area contributed by atoms with E-state index in [0.717, 1.165) is 19.5 Å². The first-order valence-corrected chi connectivity index (χ1v) is 6.26. The molecular formula is C12H18ClN3O. The molecule has 17 heavy (non-hydrogen) atoms. The average Bonchev–Trinajstić information content (AvgIpc) is 2.85. The number of amides is 1. The molecule has 1 aliphatic heterocycles. The summed E-state index contributed by atoms with van der Waals surface area (Å²) in [4.78, 5) is 15.6. The zero-order valence-corrected chi connectivity index (χ0v) is 10.9. The first-order chi connectivity index (χ1) is 8.25. The summed E-state index contributed by atoms with van der Waals surface area (Å²) in [6.45, 7) is 5.67. The van der Waals surface area contributed by atoms with E-state index >= 15 is 0 Å². The van der Waals surface area contributed by atoms with Crippen molar-refractivity contribution in [2.75, 3.05) is 18.4 Å². The maximum absolute atomic E-state index is 11.7. The van der Waals surface area contributed by atoms with Gasteiger partial charge in [0.2, 0.25) is 5.91 Å². The van der Waals surface area contributed by atoms with Crippen LogP contribution < -0.4 is 10.6 Å². The van der Waals surface area contributed by atoms with Crippen LogP contribution in [0.15, 0.2) is 18.3 Å². The predicted molar refractivity (Wildman–Crippen MR) is 70.2 cm³/mol. The highest BCUT2D eigenvalue weighted by molar-refractivity contribution is 6.29. The van der Waals surface area contributed by atoms with Gasteiger partial charge < -0.3 is 10.6 Å². The summed E-state index contributed by atoms with van der Waals surface area (Å²) < 4.78 is 0. The van der Waals surface area contributed by atoms with Gasteiger partial charge in [-0.05, 0) is 25.1 Å². The second-order valence-electron chi connectivity index (χ2n) is 3.55. The first-order valence-electron chi connectivity index (χ1n) is 5.89. The summed E-state index contributed by atoms with van der Waals surface area (Å²) in [5.74, 6) is 0.110. The van der Waals surface area contributed by atoms with Crippen LogP contribution in [0.3, 0.4) is 0 Å². The average molecular weight is 256 g/mol. The van der Waals surface area contributed by atoms with Crippen molar-refractivity contribution in [3.63, 3.8) is 0 Å². The van der Waals surface area contributed by atoms with Gasteiger partial charge in [-0.15, -0.1) is 0 Å². The lowest BCUT2D eigenvalue weighted by molar-refractivity contribution is -0.119. The van der Waals surface area contributed by atoms with Crippen molar-refractivity contribution in [1.82, 2.24) is 10.3 Å². The van der Waals surface area contributed by atoms with Crippen LogP contribution in [-0.2, 0) is 4.79 Å². The Morgan fingerprint density at radius 3 is 2.94 bits per heavy atom. The number of aromatic nitrogens is 1. The van der Waals surface area contributed by atoms with Gasteiger partial charge in [0.15, 0.2) is 0 Å². The summed E-state index contributed by atoms with van der Waals surface area (Å²) in [7, 11) is 0. The quantitative estimate of drug-likeness (QED) is 0.798. The minimum Gasteiger partial charge on any atom is -0.326 e. The Kier molecular flexibility index (Phi) is 5.94. The van der Waals surface area contributed by atoms with E-state index in [2.05, 4.69) is 15.6 Å². The van der Waals surface area contributed by atoms with E-state index in [1.807, 2.05) is 13.8 Å². The Balaban J connectivity index is 0.000000686. The number of carbonyl (C=O) groups excluding carboxylic acids is 1. The minimum absolute atomic E-state index is 0.0438. The van der Waals surface area contributed by atoms with Crippen LogP contribution in [0.1, 0.15) is 20.3 Å². The number of pyridine rings is 1. The highest BCUT2D eigenvalue weighted by Crippen LogP contribution is 2.15. The number of halogens is 1. The molecule has 1 atom stereocenters. The third-order valence-corrected chi connectivity index (χ3v) is 2.63. The lowest BCUT2D eigenvalue weighted by Crippen LogP contribution is -2.24. The van der Waals surface area contributed by atoms with Gasteiger partial charge in [-0.3, -0.25) is 4.79 Å². The van der Waals surface area contributed by atoms with Crippen molar-refractivity contribution < 1.29 is 4.79 Å². The van der Waals surface area contributed by atoms with Crippen LogP contribution in [0.4, 0.5) is 5.69 Å². The van der Waals surface area contributed by atoms with Gasteiger partial charge in [0.05, 0.1) is 5.92 Å². The molecule has 0 saturated carbocycles. The van der Waals surface area contributed by atoms with E-state index in [-0.39, 0.29) is 11.8 Å². The zero-order chi connectivity index (χ0) is 12.7. The van der Waals surface area contributed by atoms with Crippen molar-refractivity contribution >= 4 is 23.2 Å². The molecule has 0 bridgehead atoms. The van der Waals surface area contributed by atoms with Gasteiger partial charge in [0.25, 0.3) is 0 Å². The molecule has 94 valence electrons. The van der Waals surface area contributed by atoms with Crippen LogP contribution in [0, 0.1) is 5.92 Å². The van der Waals surface area contributed by atoms with Crippen molar-refractivity contribution in [2.24, 2.45) is 5.92 Å². The Labute approximate surface area is 107 Å². The molecule has 0 radical (unpaired) electrons. The molecule has 1 fully saturated rings. The van der Waals surface area contributed by atoms with E-state index in [9.17, 15) is 4.79 Å². The number of anilines is 1. The Morgan fingerprint density at radius 2 is 2.35 bits per heavy atom. The molecule has 0 spiro atoms. The zero-order valence-electron chi connectivity index (χ0n) is 10.2. The van der Waals surface area contributed by atoms with Crippen LogP contribution in [0.5, 0.6) is 0 Å². The second-order valence-corrected chi connectivity index (χ2v) is 3.93. The molecule has 1 aromatic rings. The molecule has 0 unspecified atom stereocenters. The highest BCUT2D eigenvalue weighted by atomic mass is 35.5. The molecule has 1 saturated heterocycles. The minimum atomic E-state index is 0.0438. The largest absolute Gasteiger partial charge is 0.326 e. The summed E-state index contributed by atoms with van der Waals surface area (Å²) in [6, 6.07) is 3.37. The van der Waals surface area contributed by atoms with E-state index in [1.54, 1.807) is 18.3 Å². The number of nitrogens with one attached hydrogen (secondary N) is 2. The van der Waals surface area contributed by atoms with Crippen molar-refractivity contribution in [1.29, 1.82) is 0 Å². The number of carbonyl (C=O) groups is 1. The maximum Gasteiger partial charge on any atom is 0.228 e. The van der Waals surface area contributed by atoms with E-state index in [0.29, 0.717) is 10.8 Å². The van der Waals surface area contributed by atoms with Crippen molar-refractivity contribution in [3.8, 4) is 0 Å². The summed E-state index contributed by atoms with van der Waals surface area (Å²) >= 11 is 5.71. The Morgan fingerprint density at radius 1 is 1.59 bits per heavy atom. The smallest absolute Gasteiger partial charge is 0.228 e. The lowest BCUT2D eigenvalue weighted by atomic mass is 10.1. The van der Waals surface area contributed by atoms with Crippen molar-refractivity contribution in [2.45, 2.75) is 20.3 Å². The topological polar surface area (TPSA) is 54.0 Å². The number of hydrogen-bond donors (Lipinski definition) is 2. The third-order valence-electron chi connectivity index (χ3n) is 2.43. The van der Waals surface area contributed by atoms with Gasteiger partial charge in [-0.2, -0.15) is 0 Å². The third kappa shape index (κ3) is 4.32. The fraction of sp³-hybridized carbons (Fsp3) is 0.500. The SMILES string of the molecule is CC.O=C(Nc1ccnc(Cl)c1)[C@H]1CCNC1. The highest BCUT2D eigenvalue weighted by Gasteiger charge is 2.22. The van der Waals surface area contributed by atoms with Gasteiger partial charge in [-0.25, -0.2) is 4.98 Å². The molecule has 1 amide bonds. The molecular weight excluding hydrogens is 238 g/mol. The fourth-order valence-electron chi connectivity index (χ4n) is 1.60. The van der Waals surface area contributed by atoms with Crippen LogP contribution >= 0.6 is 11.6 Å². The standard InChI is InChI=1S/C10H12ClN3O.C2H6/c11-9-5-8(2-4-13-9)14-10(15)7-1-3-12-6-7;1-2/h2,4-5,7,12H,1,3,6H2,(H,13,14,15);1-2H3/t7-;/m0./s1. The molecule has 5 heteroatoms. The van der Waals surface area contributed by atoms with E-state index < -0.39 is 0 Å². The molecule has 2 N–H and O–H groups in total. The maximum atomic E-state index is 11.7. The van der Waals surface area contributed by atoms with Gasteiger partial charge in [0, 0.05) is 18.4 Å². The molecule has 0 aliphatic carbocycles. The number of nitrogens with zero attached hydrogens (tertiary/aromatic N) is 1. The first kappa shape index (κ1) is 13.9. The van der Waals surface area contributed by atoms with Crippen molar-refractivity contribution in [3.05, 3.63) is 23.5 Å². The molecule has 1 aromatic heterocycles. The Bertz CT molecular complexity index is 365. The molecule has 2 rings (SSSR count).